The molecule has 15 rings (SSSR count). The molecule has 0 spiro atoms. The summed E-state index contributed by atoms with van der Waals surface area (Å²) in [6.45, 7) is 17.4. The molecule has 3 atom stereocenters. The highest BCUT2D eigenvalue weighted by molar-refractivity contribution is 5.76. The zero-order valence-electron chi connectivity index (χ0n) is 60.1. The van der Waals surface area contributed by atoms with Gasteiger partial charge >= 0.3 is 0 Å². The number of aromatic nitrogens is 20. The Hall–Kier alpha value is -8.55. The molecule has 10 aromatic heterocycles. The van der Waals surface area contributed by atoms with Crippen LogP contribution in [0.5, 0.6) is 0 Å². The van der Waals surface area contributed by atoms with E-state index in [1.165, 1.54) is 51.4 Å². The number of nitrogens with one attached hydrogen (secondary N) is 5. The van der Waals surface area contributed by atoms with Crippen LogP contribution in [-0.4, -0.2) is 110 Å². The predicted octanol–water partition coefficient (Wildman–Crippen LogP) is 12.6. The van der Waals surface area contributed by atoms with Gasteiger partial charge in [-0.1, -0.05) is 132 Å². The summed E-state index contributed by atoms with van der Waals surface area (Å²) in [5, 5.41) is 33.8. The first-order chi connectivity index (χ1) is 48.5. The monoisotopic (exact) mass is 1370 g/mol. The van der Waals surface area contributed by atoms with Crippen molar-refractivity contribution in [2.24, 2.45) is 23.7 Å². The minimum atomic E-state index is -0.137. The Balaban J connectivity index is 0.000000126. The van der Waals surface area contributed by atoms with E-state index in [0.29, 0.717) is 105 Å². The molecule has 0 bridgehead atoms. The molecule has 4 fully saturated rings. The normalized spacial score (nSPS) is 17.4. The minimum Gasteiger partial charge on any atom is -0.396 e. The highest BCUT2D eigenvalue weighted by atomic mass is 16.3. The van der Waals surface area contributed by atoms with E-state index in [4.69, 9.17) is 10.1 Å². The van der Waals surface area contributed by atoms with Crippen LogP contribution in [0, 0.1) is 23.7 Å². The summed E-state index contributed by atoms with van der Waals surface area (Å²) in [5.74, 6) is 5.93. The Bertz CT molecular complexity index is 4540. The minimum absolute atomic E-state index is 0.0544. The number of fused-ring (bicyclic) bond motifs is 5. The zero-order valence-corrected chi connectivity index (χ0v) is 60.1. The summed E-state index contributed by atoms with van der Waals surface area (Å²) in [6, 6.07) is 1.92. The van der Waals surface area contributed by atoms with Crippen molar-refractivity contribution in [3.05, 3.63) is 124 Å². The van der Waals surface area contributed by atoms with Crippen LogP contribution in [0.15, 0.2) is 67.1 Å². The summed E-state index contributed by atoms with van der Waals surface area (Å²) >= 11 is 0. The fourth-order valence-corrected chi connectivity index (χ4v) is 14.7. The van der Waals surface area contributed by atoms with E-state index in [9.17, 15) is 24.0 Å². The number of aromatic amines is 5. The maximum absolute atomic E-state index is 12.2. The highest BCUT2D eigenvalue weighted by Crippen LogP contribution is 2.34. The summed E-state index contributed by atoms with van der Waals surface area (Å²) in [5.41, 5.74) is 3.31. The van der Waals surface area contributed by atoms with Crippen LogP contribution in [0.1, 0.15) is 269 Å². The number of rotatable bonds is 21. The van der Waals surface area contributed by atoms with Crippen LogP contribution >= 0.6 is 0 Å². The standard InChI is InChI=1S/C16H20N4O.2C15H22N4O.C15H24N4O.C13H18N4O2/c21-16-13-10-17-20(12-7-3-4-8-12)15(13)18-14(19-16)9-11-5-1-2-6-11;1-10(2)7-8-13-17-14-12(15(20)18-13)9-16-19(14)11-5-3-4-6-11;1-3-10(2)8-13-17-14-12(15(20)18-13)9-16-19(14)11-6-4-5-7-11;1-5-10(4)8-13-17-14-12(15(20)18-13)9-16-19(14)11(6-2)7-3;18-7-3-6-11-15-12-10(13(19)16-11)8-14-17(12)9-4-1-2-5-9/h1,5,10-12H,2-4,6-9H2,(H,18,19,21);2*9-11H,3-8H2,1-2H3,(H,17,18,20);9-11H,5-8H2,1-4H3,(H,17,18,20);8-9,18H,1-7H2,(H,15,16,19). The molecule has 10 aromatic rings. The van der Waals surface area contributed by atoms with Crippen molar-refractivity contribution in [3.8, 4) is 0 Å². The molecule has 100 heavy (non-hydrogen) atoms. The summed E-state index contributed by atoms with van der Waals surface area (Å²) in [6.07, 6.45) is 43.6. The summed E-state index contributed by atoms with van der Waals surface area (Å²) < 4.78 is 9.73. The van der Waals surface area contributed by atoms with Gasteiger partial charge in [-0.25, -0.2) is 48.3 Å². The van der Waals surface area contributed by atoms with Gasteiger partial charge in [-0.2, -0.15) is 25.5 Å². The van der Waals surface area contributed by atoms with Gasteiger partial charge in [-0.05, 0) is 114 Å². The maximum Gasteiger partial charge on any atom is 0.262 e. The van der Waals surface area contributed by atoms with Crippen molar-refractivity contribution in [2.75, 3.05) is 6.61 Å². The fraction of sp³-hybridized carbons (Fsp3) is 0.635. The lowest BCUT2D eigenvalue weighted by molar-refractivity contribution is 0.287. The number of aliphatic hydroxyl groups is 1. The number of hydrogen-bond donors (Lipinski definition) is 6. The number of hydrogen-bond acceptors (Lipinski definition) is 16. The molecule has 26 nitrogen and oxygen atoms in total. The molecule has 0 aromatic carbocycles. The lowest BCUT2D eigenvalue weighted by Gasteiger charge is -2.14. The van der Waals surface area contributed by atoms with Gasteiger partial charge in [0.2, 0.25) is 0 Å². The van der Waals surface area contributed by atoms with Crippen LogP contribution in [0.25, 0.3) is 55.2 Å². The van der Waals surface area contributed by atoms with Crippen LogP contribution < -0.4 is 27.8 Å². The second kappa shape index (κ2) is 34.2. The molecule has 5 aliphatic carbocycles. The molecule has 10 heterocycles. The smallest absolute Gasteiger partial charge is 0.262 e. The van der Waals surface area contributed by atoms with Crippen molar-refractivity contribution in [1.82, 2.24) is 98.7 Å². The van der Waals surface area contributed by atoms with E-state index in [2.05, 4.69) is 138 Å². The zero-order chi connectivity index (χ0) is 70.4. The Morgan fingerprint density at radius 3 is 1.13 bits per heavy atom. The van der Waals surface area contributed by atoms with Crippen LogP contribution in [-0.2, 0) is 32.1 Å². The molecular formula is C74H106N20O6. The first-order valence-electron chi connectivity index (χ1n) is 37.6. The van der Waals surface area contributed by atoms with E-state index >= 15 is 0 Å². The average molecular weight is 1370 g/mol. The molecule has 0 saturated heterocycles. The fourth-order valence-electron chi connectivity index (χ4n) is 14.7. The Morgan fingerprint density at radius 2 is 0.770 bits per heavy atom. The quantitative estimate of drug-likeness (QED) is 0.0364. The van der Waals surface area contributed by atoms with Gasteiger partial charge in [-0.15, -0.1) is 0 Å². The summed E-state index contributed by atoms with van der Waals surface area (Å²) in [7, 11) is 0. The predicted molar refractivity (Wildman–Crippen MR) is 391 cm³/mol. The lowest BCUT2D eigenvalue weighted by Crippen LogP contribution is -2.16. The van der Waals surface area contributed by atoms with Gasteiger partial charge in [-0.3, -0.25) is 24.0 Å². The second-order valence-electron chi connectivity index (χ2n) is 29.1. The van der Waals surface area contributed by atoms with Crippen LogP contribution in [0.4, 0.5) is 0 Å². The Labute approximate surface area is 582 Å². The van der Waals surface area contributed by atoms with E-state index in [1.807, 2.05) is 23.4 Å². The van der Waals surface area contributed by atoms with Gasteiger partial charge in [0.1, 0.15) is 56.1 Å². The molecule has 538 valence electrons. The third kappa shape index (κ3) is 17.4. The van der Waals surface area contributed by atoms with Gasteiger partial charge in [0.15, 0.2) is 28.2 Å². The number of allylic oxidation sites excluding steroid dienone is 2. The Morgan fingerprint density at radius 1 is 0.430 bits per heavy atom. The third-order valence-electron chi connectivity index (χ3n) is 21.1. The molecule has 0 amide bonds. The lowest BCUT2D eigenvalue weighted by atomic mass is 10.1. The number of nitrogens with zero attached hydrogens (tertiary/aromatic N) is 15. The molecule has 3 unspecified atom stereocenters. The second-order valence-corrected chi connectivity index (χ2v) is 29.1. The molecule has 0 radical (unpaired) electrons. The van der Waals surface area contributed by atoms with Crippen molar-refractivity contribution in [1.29, 1.82) is 0 Å². The van der Waals surface area contributed by atoms with Crippen molar-refractivity contribution < 1.29 is 5.11 Å². The van der Waals surface area contributed by atoms with Crippen molar-refractivity contribution in [3.63, 3.8) is 0 Å². The van der Waals surface area contributed by atoms with Gasteiger partial charge in [0.25, 0.3) is 27.8 Å². The molecule has 26 heteroatoms. The SMILES string of the molecule is CC(C)CCc1nc2c(cnn2C2CCCC2)c(=O)[nH]1.CCC(C)Cc1nc2c(cnn2C(CC)CC)c(=O)[nH]1.CCC(C)Cc1nc2c(cnn2C2CCCC2)c(=O)[nH]1.O=c1[nH]c(CC2C=CCC2)nc2c1cnn2C1CCCC1.O=c1[nH]c(CCCO)nc2c1cnn2C1CCCC1. The molecule has 5 aliphatic rings. The molecular weight excluding hydrogens is 1260 g/mol. The van der Waals surface area contributed by atoms with E-state index < -0.39 is 0 Å². The van der Waals surface area contributed by atoms with Crippen LogP contribution in [0.3, 0.4) is 0 Å². The van der Waals surface area contributed by atoms with Crippen molar-refractivity contribution in [2.45, 2.75) is 272 Å². The van der Waals surface area contributed by atoms with Gasteiger partial charge in [0.05, 0.1) is 61.2 Å². The van der Waals surface area contributed by atoms with E-state index in [0.717, 1.165) is 168 Å². The van der Waals surface area contributed by atoms with E-state index in [1.54, 1.807) is 31.0 Å². The summed E-state index contributed by atoms with van der Waals surface area (Å²) in [4.78, 5) is 98.2. The van der Waals surface area contributed by atoms with Crippen molar-refractivity contribution >= 4 is 55.2 Å². The van der Waals surface area contributed by atoms with Crippen LogP contribution in [0.2, 0.25) is 0 Å². The molecule has 6 N–H and O–H groups in total. The van der Waals surface area contributed by atoms with E-state index in [-0.39, 0.29) is 34.4 Å². The number of aliphatic hydroxyl groups excluding tert-OH is 1. The van der Waals surface area contributed by atoms with Gasteiger partial charge in [0, 0.05) is 38.7 Å². The van der Waals surface area contributed by atoms with Gasteiger partial charge < -0.3 is 30.0 Å². The number of aryl methyl sites for hydroxylation is 2. The Kier molecular flexibility index (Phi) is 24.9. The first kappa shape index (κ1) is 72.7. The maximum atomic E-state index is 12.2. The third-order valence-corrected chi connectivity index (χ3v) is 21.1. The topological polar surface area (TPSA) is 338 Å². The number of H-pyrrole nitrogens is 5. The highest BCUT2D eigenvalue weighted by Gasteiger charge is 2.27. The first-order valence-corrected chi connectivity index (χ1v) is 37.6. The molecule has 0 aliphatic heterocycles. The molecule has 4 saturated carbocycles. The average Bonchev–Trinajstić information content (AvgIpc) is 1.68. The largest absolute Gasteiger partial charge is 0.396 e.